The number of amides is 1. The van der Waals surface area contributed by atoms with E-state index in [-0.39, 0.29) is 0 Å². The average Bonchev–Trinajstić information content (AvgIpc) is 2.66. The van der Waals surface area contributed by atoms with E-state index in [1.165, 1.54) is 0 Å². The van der Waals surface area contributed by atoms with Gasteiger partial charge in [0.05, 0.1) is 0 Å². The maximum Gasteiger partial charge on any atom is 0.243 e. The highest BCUT2D eigenvalue weighted by molar-refractivity contribution is 6.17. The second-order valence-corrected chi connectivity index (χ2v) is 5.46. The van der Waals surface area contributed by atoms with E-state index in [1.54, 1.807) is 24.6 Å². The number of hydrogen-bond acceptors (Lipinski definition) is 3. The molecule has 0 unspecified atom stereocenters. The lowest BCUT2D eigenvalue weighted by Crippen LogP contribution is -2.42. The van der Waals surface area contributed by atoms with Gasteiger partial charge < -0.3 is 5.73 Å². The van der Waals surface area contributed by atoms with Crippen LogP contribution in [-0.4, -0.2) is 26.3 Å². The lowest BCUT2D eigenvalue weighted by Gasteiger charge is -2.25. The highest BCUT2D eigenvalue weighted by Crippen LogP contribution is 2.25. The van der Waals surface area contributed by atoms with Gasteiger partial charge in [-0.2, -0.15) is 0 Å². The van der Waals surface area contributed by atoms with Crippen LogP contribution in [0.15, 0.2) is 12.3 Å². The number of aryl methyl sites for hydroxylation is 2. The van der Waals surface area contributed by atoms with E-state index < -0.39 is 11.4 Å². The molecule has 0 aliphatic carbocycles. The molecular weight excluding hydrogens is 264 g/mol. The third-order valence-electron chi connectivity index (χ3n) is 3.18. The minimum Gasteiger partial charge on any atom is -0.368 e. The molecule has 2 heterocycles. The minimum atomic E-state index is -0.890. The van der Waals surface area contributed by atoms with Crippen molar-refractivity contribution >= 4 is 28.7 Å². The normalized spacial score (nSPS) is 12.0. The van der Waals surface area contributed by atoms with E-state index in [9.17, 15) is 4.79 Å². The number of alkyl halides is 1. The van der Waals surface area contributed by atoms with Gasteiger partial charge in [0.15, 0.2) is 5.65 Å². The monoisotopic (exact) mass is 280 g/mol. The second kappa shape index (κ2) is 4.81. The van der Waals surface area contributed by atoms with Crippen LogP contribution in [-0.2, 0) is 16.8 Å². The molecule has 0 fully saturated rings. The van der Waals surface area contributed by atoms with Crippen molar-refractivity contribution in [1.82, 2.24) is 14.5 Å². The molecule has 0 aliphatic heterocycles. The van der Waals surface area contributed by atoms with Crippen LogP contribution in [0, 0.1) is 6.92 Å². The van der Waals surface area contributed by atoms with E-state index in [0.717, 1.165) is 16.9 Å². The highest BCUT2D eigenvalue weighted by atomic mass is 35.5. The zero-order valence-corrected chi connectivity index (χ0v) is 12.0. The second-order valence-electron chi connectivity index (χ2n) is 5.08. The van der Waals surface area contributed by atoms with Gasteiger partial charge in [0.2, 0.25) is 5.91 Å². The Bertz CT molecular complexity index is 633. The zero-order valence-electron chi connectivity index (χ0n) is 11.3. The SMILES string of the molecule is Cc1cnc2c(c1)nc(CCCl)n2C(C)(C)C(N)=O. The fraction of sp³-hybridized carbons (Fsp3) is 0.462. The fourth-order valence-electron chi connectivity index (χ4n) is 2.06. The number of primary amides is 1. The first kappa shape index (κ1) is 13.8. The number of rotatable bonds is 4. The maximum absolute atomic E-state index is 11.7. The number of pyridine rings is 1. The fourth-order valence-corrected chi connectivity index (χ4v) is 2.23. The predicted octanol–water partition coefficient (Wildman–Crippen LogP) is 1.74. The predicted molar refractivity (Wildman–Crippen MR) is 75.2 cm³/mol. The van der Waals surface area contributed by atoms with Crippen molar-refractivity contribution in [1.29, 1.82) is 0 Å². The molecule has 102 valence electrons. The third-order valence-corrected chi connectivity index (χ3v) is 3.37. The average molecular weight is 281 g/mol. The van der Waals surface area contributed by atoms with Gasteiger partial charge in [0.25, 0.3) is 0 Å². The summed E-state index contributed by atoms with van der Waals surface area (Å²) >= 11 is 5.81. The number of nitrogens with zero attached hydrogens (tertiary/aromatic N) is 3. The van der Waals surface area contributed by atoms with E-state index >= 15 is 0 Å². The van der Waals surface area contributed by atoms with Crippen molar-refractivity contribution in [3.63, 3.8) is 0 Å². The molecule has 2 rings (SSSR count). The molecule has 6 heteroatoms. The number of carbonyl (C=O) groups is 1. The third kappa shape index (κ3) is 2.30. The van der Waals surface area contributed by atoms with Crippen molar-refractivity contribution in [2.75, 3.05) is 5.88 Å². The number of aromatic nitrogens is 3. The van der Waals surface area contributed by atoms with Crippen LogP contribution in [0.5, 0.6) is 0 Å². The number of hydrogen-bond donors (Lipinski definition) is 1. The van der Waals surface area contributed by atoms with Gasteiger partial charge in [-0.3, -0.25) is 9.36 Å². The van der Waals surface area contributed by atoms with Crippen LogP contribution in [0.4, 0.5) is 0 Å². The minimum absolute atomic E-state index is 0.426. The summed E-state index contributed by atoms with van der Waals surface area (Å²) < 4.78 is 1.78. The van der Waals surface area contributed by atoms with Crippen LogP contribution in [0.3, 0.4) is 0 Å². The van der Waals surface area contributed by atoms with Gasteiger partial charge in [-0.25, -0.2) is 9.97 Å². The Morgan fingerprint density at radius 3 is 2.79 bits per heavy atom. The molecule has 0 saturated heterocycles. The molecule has 2 aromatic rings. The van der Waals surface area contributed by atoms with Crippen LogP contribution < -0.4 is 5.73 Å². The summed E-state index contributed by atoms with van der Waals surface area (Å²) in [6.07, 6.45) is 2.32. The van der Waals surface area contributed by atoms with Crippen LogP contribution in [0.2, 0.25) is 0 Å². The standard InChI is InChI=1S/C13H17ClN4O/c1-8-6-9-11(16-7-8)18(10(17-9)4-5-14)13(2,3)12(15)19/h6-7H,4-5H2,1-3H3,(H2,15,19). The number of halogens is 1. The first-order valence-corrected chi connectivity index (χ1v) is 6.61. The maximum atomic E-state index is 11.7. The Hall–Kier alpha value is -1.62. The van der Waals surface area contributed by atoms with E-state index in [0.29, 0.717) is 17.9 Å². The lowest BCUT2D eigenvalue weighted by molar-refractivity contribution is -0.125. The molecule has 19 heavy (non-hydrogen) atoms. The molecule has 2 aromatic heterocycles. The molecule has 0 radical (unpaired) electrons. The van der Waals surface area contributed by atoms with Gasteiger partial charge in [0.1, 0.15) is 16.9 Å². The molecule has 0 atom stereocenters. The van der Waals surface area contributed by atoms with Crippen molar-refractivity contribution in [2.45, 2.75) is 32.7 Å². The first-order valence-electron chi connectivity index (χ1n) is 6.08. The van der Waals surface area contributed by atoms with E-state index in [1.807, 2.05) is 13.0 Å². The van der Waals surface area contributed by atoms with Crippen LogP contribution in [0.1, 0.15) is 25.2 Å². The Morgan fingerprint density at radius 2 is 2.21 bits per heavy atom. The lowest BCUT2D eigenvalue weighted by atomic mass is 10.0. The van der Waals surface area contributed by atoms with Gasteiger partial charge in [-0.1, -0.05) is 0 Å². The molecule has 0 spiro atoms. The number of fused-ring (bicyclic) bond motifs is 1. The Labute approximate surface area is 116 Å². The number of imidazole rings is 1. The number of carbonyl (C=O) groups excluding carboxylic acids is 1. The van der Waals surface area contributed by atoms with Crippen molar-refractivity contribution < 1.29 is 4.79 Å². The summed E-state index contributed by atoms with van der Waals surface area (Å²) in [6.45, 7) is 5.47. The van der Waals surface area contributed by atoms with Gasteiger partial charge in [0, 0.05) is 18.5 Å². The van der Waals surface area contributed by atoms with Gasteiger partial charge in [-0.15, -0.1) is 11.6 Å². The molecule has 0 aromatic carbocycles. The molecule has 1 amide bonds. The first-order chi connectivity index (χ1) is 8.87. The van der Waals surface area contributed by atoms with Crippen molar-refractivity contribution in [3.8, 4) is 0 Å². The van der Waals surface area contributed by atoms with Crippen LogP contribution >= 0.6 is 11.6 Å². The van der Waals surface area contributed by atoms with Crippen molar-refractivity contribution in [3.05, 3.63) is 23.7 Å². The highest BCUT2D eigenvalue weighted by Gasteiger charge is 2.32. The largest absolute Gasteiger partial charge is 0.368 e. The molecule has 0 aliphatic rings. The Kier molecular flexibility index (Phi) is 3.49. The number of nitrogens with two attached hydrogens (primary N) is 1. The quantitative estimate of drug-likeness (QED) is 0.867. The molecule has 0 saturated carbocycles. The molecule has 2 N–H and O–H groups in total. The molecule has 0 bridgehead atoms. The summed E-state index contributed by atoms with van der Waals surface area (Å²) in [4.78, 5) is 20.6. The van der Waals surface area contributed by atoms with E-state index in [2.05, 4.69) is 9.97 Å². The zero-order chi connectivity index (χ0) is 14.2. The van der Waals surface area contributed by atoms with Gasteiger partial charge in [-0.05, 0) is 32.4 Å². The summed E-state index contributed by atoms with van der Waals surface area (Å²) in [5.41, 5.74) is 7.05. The topological polar surface area (TPSA) is 73.8 Å². The van der Waals surface area contributed by atoms with Crippen LogP contribution in [0.25, 0.3) is 11.2 Å². The molecule has 5 nitrogen and oxygen atoms in total. The summed E-state index contributed by atoms with van der Waals surface area (Å²) in [5.74, 6) is 0.730. The summed E-state index contributed by atoms with van der Waals surface area (Å²) in [5, 5.41) is 0. The Morgan fingerprint density at radius 1 is 1.53 bits per heavy atom. The molecular formula is C13H17ClN4O. The summed E-state index contributed by atoms with van der Waals surface area (Å²) in [6, 6.07) is 1.94. The summed E-state index contributed by atoms with van der Waals surface area (Å²) in [7, 11) is 0. The van der Waals surface area contributed by atoms with Gasteiger partial charge >= 0.3 is 0 Å². The van der Waals surface area contributed by atoms with E-state index in [4.69, 9.17) is 17.3 Å². The van der Waals surface area contributed by atoms with Crippen molar-refractivity contribution in [2.24, 2.45) is 5.73 Å². The Balaban J connectivity index is 2.75. The smallest absolute Gasteiger partial charge is 0.243 e.